The maximum absolute atomic E-state index is 14.6. The minimum Gasteiger partial charge on any atom is -0.444 e. The van der Waals surface area contributed by atoms with Crippen LogP contribution in [0, 0.1) is 17.6 Å². The molecule has 0 unspecified atom stereocenters. The van der Waals surface area contributed by atoms with Crippen LogP contribution in [0.5, 0.6) is 0 Å². The molecular weight excluding hydrogens is 638 g/mol. The van der Waals surface area contributed by atoms with Gasteiger partial charge in [-0.3, -0.25) is 20.1 Å². The Hall–Kier alpha value is -5.27. The van der Waals surface area contributed by atoms with Gasteiger partial charge in [0.1, 0.15) is 33.9 Å². The minimum atomic E-state index is -0.895. The standard InChI is InChI=1S/C35H40F2N6O6/c1-19-13-21(40-32(45)48-34(2,3)4)18-43(17-19)25-11-12-38-16-24(25)41-30(44)28-29-26(47-31(28)42-33(46)49-35(5,6)7)14-20(15-39-29)27-22(36)9-8-10-23(27)37/h8-12,14-16,19,21H,13,17-18H2,1-7H3,(H,40,45)(H,41,44)(H,42,46)/t19-,21+/m1/s1. The van der Waals surface area contributed by atoms with Crippen molar-refractivity contribution in [2.45, 2.75) is 72.1 Å². The first-order valence-electron chi connectivity index (χ1n) is 15.8. The summed E-state index contributed by atoms with van der Waals surface area (Å²) in [4.78, 5) is 49.9. The van der Waals surface area contributed by atoms with E-state index in [4.69, 9.17) is 13.9 Å². The molecule has 1 aromatic carbocycles. The summed E-state index contributed by atoms with van der Waals surface area (Å²) < 4.78 is 45.9. The zero-order valence-electron chi connectivity index (χ0n) is 28.4. The quantitative estimate of drug-likeness (QED) is 0.188. The van der Waals surface area contributed by atoms with E-state index in [-0.39, 0.29) is 45.6 Å². The Bertz CT molecular complexity index is 1860. The SMILES string of the molecule is C[C@@H]1C[C@H](NC(=O)OC(C)(C)C)CN(c2ccncc2NC(=O)c2c(NC(=O)OC(C)(C)C)oc3cc(-c4c(F)cccc4F)cnc23)C1. The van der Waals surface area contributed by atoms with Crippen LogP contribution in [0.25, 0.3) is 22.2 Å². The van der Waals surface area contributed by atoms with E-state index in [0.717, 1.165) is 18.6 Å². The number of nitrogens with zero attached hydrogens (tertiary/aromatic N) is 3. The summed E-state index contributed by atoms with van der Waals surface area (Å²) in [5, 5.41) is 8.28. The van der Waals surface area contributed by atoms with Gasteiger partial charge in [0.2, 0.25) is 5.88 Å². The minimum absolute atomic E-state index is 0.0105. The lowest BCUT2D eigenvalue weighted by Gasteiger charge is -2.39. The van der Waals surface area contributed by atoms with E-state index in [0.29, 0.717) is 24.5 Å². The van der Waals surface area contributed by atoms with Gasteiger partial charge in [-0.05, 0) is 78.1 Å². The molecule has 5 rings (SSSR count). The summed E-state index contributed by atoms with van der Waals surface area (Å²) in [6.07, 6.45) is 3.62. The van der Waals surface area contributed by atoms with Crippen LogP contribution < -0.4 is 20.9 Å². The van der Waals surface area contributed by atoms with Crippen LogP contribution in [0.2, 0.25) is 0 Å². The van der Waals surface area contributed by atoms with E-state index in [1.165, 1.54) is 24.5 Å². The number of pyridine rings is 2. The van der Waals surface area contributed by atoms with E-state index in [1.54, 1.807) is 53.8 Å². The normalized spacial score (nSPS) is 16.6. The third-order valence-electron chi connectivity index (χ3n) is 7.39. The number of alkyl carbamates (subject to hydrolysis) is 1. The Morgan fingerprint density at radius 3 is 2.29 bits per heavy atom. The first kappa shape index (κ1) is 35.0. The Morgan fingerprint density at radius 1 is 0.939 bits per heavy atom. The van der Waals surface area contributed by atoms with Crippen molar-refractivity contribution in [2.24, 2.45) is 5.92 Å². The molecule has 0 bridgehead atoms. The maximum Gasteiger partial charge on any atom is 0.414 e. The number of carbonyl (C=O) groups excluding carboxylic acids is 3. The molecule has 2 atom stereocenters. The van der Waals surface area contributed by atoms with Gasteiger partial charge in [-0.1, -0.05) is 13.0 Å². The van der Waals surface area contributed by atoms with Crippen molar-refractivity contribution < 1.29 is 37.1 Å². The second kappa shape index (κ2) is 13.7. The van der Waals surface area contributed by atoms with Crippen molar-refractivity contribution in [3.63, 3.8) is 0 Å². The molecule has 4 heterocycles. The molecule has 12 nitrogen and oxygen atoms in total. The van der Waals surface area contributed by atoms with E-state index in [1.807, 2.05) is 4.90 Å². The summed E-state index contributed by atoms with van der Waals surface area (Å²) in [7, 11) is 0. The number of furan rings is 1. The summed E-state index contributed by atoms with van der Waals surface area (Å²) in [6, 6.07) is 6.33. The molecule has 260 valence electrons. The number of benzene rings is 1. The summed E-state index contributed by atoms with van der Waals surface area (Å²) in [5.74, 6) is -2.41. The second-order valence-corrected chi connectivity index (χ2v) is 14.0. The number of amides is 3. The number of carbonyl (C=O) groups is 3. The number of nitrogens with one attached hydrogen (secondary N) is 3. The molecule has 1 aliphatic rings. The number of aromatic nitrogens is 2. The first-order chi connectivity index (χ1) is 23.0. The molecule has 3 amide bonds. The van der Waals surface area contributed by atoms with Crippen LogP contribution in [0.1, 0.15) is 65.2 Å². The average molecular weight is 679 g/mol. The molecule has 4 aromatic rings. The van der Waals surface area contributed by atoms with Crippen LogP contribution in [0.4, 0.5) is 35.6 Å². The Morgan fingerprint density at radius 2 is 1.61 bits per heavy atom. The number of hydrogen-bond acceptors (Lipinski definition) is 9. The Kier molecular flexibility index (Phi) is 9.79. The largest absolute Gasteiger partial charge is 0.444 e. The molecule has 0 aliphatic carbocycles. The van der Waals surface area contributed by atoms with E-state index in [9.17, 15) is 23.2 Å². The highest BCUT2D eigenvalue weighted by Crippen LogP contribution is 2.36. The van der Waals surface area contributed by atoms with Gasteiger partial charge >= 0.3 is 12.2 Å². The third kappa shape index (κ3) is 8.61. The number of piperidine rings is 1. The van der Waals surface area contributed by atoms with Crippen molar-refractivity contribution in [3.05, 3.63) is 66.1 Å². The van der Waals surface area contributed by atoms with Gasteiger partial charge in [0, 0.05) is 37.1 Å². The smallest absolute Gasteiger partial charge is 0.414 e. The van der Waals surface area contributed by atoms with Crippen molar-refractivity contribution in [2.75, 3.05) is 28.6 Å². The highest BCUT2D eigenvalue weighted by atomic mass is 19.1. The fourth-order valence-corrected chi connectivity index (χ4v) is 5.65. The van der Waals surface area contributed by atoms with Gasteiger partial charge in [0.05, 0.1) is 23.1 Å². The van der Waals surface area contributed by atoms with E-state index >= 15 is 0 Å². The molecule has 1 fully saturated rings. The van der Waals surface area contributed by atoms with Crippen molar-refractivity contribution in [3.8, 4) is 11.1 Å². The lowest BCUT2D eigenvalue weighted by Crippen LogP contribution is -2.51. The highest BCUT2D eigenvalue weighted by Gasteiger charge is 2.31. The van der Waals surface area contributed by atoms with Crippen LogP contribution in [0.15, 0.2) is 53.3 Å². The number of anilines is 3. The monoisotopic (exact) mass is 678 g/mol. The third-order valence-corrected chi connectivity index (χ3v) is 7.39. The van der Waals surface area contributed by atoms with Crippen LogP contribution >= 0.6 is 0 Å². The predicted octanol–water partition coefficient (Wildman–Crippen LogP) is 7.51. The lowest BCUT2D eigenvalue weighted by atomic mass is 9.95. The van der Waals surface area contributed by atoms with Gasteiger partial charge < -0.3 is 29.4 Å². The van der Waals surface area contributed by atoms with Gasteiger partial charge in [-0.15, -0.1) is 0 Å². The van der Waals surface area contributed by atoms with Crippen LogP contribution in [0.3, 0.4) is 0 Å². The van der Waals surface area contributed by atoms with Crippen LogP contribution in [-0.4, -0.2) is 58.4 Å². The molecule has 0 saturated carbocycles. The number of ether oxygens (including phenoxy) is 2. The molecule has 49 heavy (non-hydrogen) atoms. The molecule has 3 N–H and O–H groups in total. The van der Waals surface area contributed by atoms with Crippen molar-refractivity contribution >= 4 is 46.5 Å². The first-order valence-corrected chi connectivity index (χ1v) is 15.8. The Labute approximate surface area is 282 Å². The molecule has 1 aliphatic heterocycles. The summed E-state index contributed by atoms with van der Waals surface area (Å²) in [6.45, 7) is 13.5. The van der Waals surface area contributed by atoms with Crippen molar-refractivity contribution in [1.82, 2.24) is 15.3 Å². The van der Waals surface area contributed by atoms with Gasteiger partial charge in [0.25, 0.3) is 5.91 Å². The number of halogens is 2. The molecule has 1 saturated heterocycles. The van der Waals surface area contributed by atoms with Gasteiger partial charge in [-0.2, -0.15) is 0 Å². The summed E-state index contributed by atoms with van der Waals surface area (Å²) in [5.41, 5.74) is -0.901. The molecule has 3 aromatic heterocycles. The van der Waals surface area contributed by atoms with E-state index in [2.05, 4.69) is 32.8 Å². The molecule has 14 heteroatoms. The molecule has 0 radical (unpaired) electrons. The fraction of sp³-hybridized carbons (Fsp3) is 0.400. The second-order valence-electron chi connectivity index (χ2n) is 14.0. The lowest BCUT2D eigenvalue weighted by molar-refractivity contribution is 0.0494. The van der Waals surface area contributed by atoms with Gasteiger partial charge in [-0.25, -0.2) is 18.4 Å². The summed E-state index contributed by atoms with van der Waals surface area (Å²) >= 11 is 0. The van der Waals surface area contributed by atoms with Crippen molar-refractivity contribution in [1.29, 1.82) is 0 Å². The number of fused-ring (bicyclic) bond motifs is 1. The van der Waals surface area contributed by atoms with Gasteiger partial charge in [0.15, 0.2) is 5.58 Å². The molecular formula is C35H40F2N6O6. The topological polar surface area (TPSA) is 148 Å². The zero-order chi connectivity index (χ0) is 35.7. The number of hydrogen-bond donors (Lipinski definition) is 3. The Balaban J connectivity index is 1.47. The zero-order valence-corrected chi connectivity index (χ0v) is 28.4. The predicted molar refractivity (Wildman–Crippen MR) is 181 cm³/mol. The average Bonchev–Trinajstić information content (AvgIpc) is 3.32. The molecule has 0 spiro atoms. The fourth-order valence-electron chi connectivity index (χ4n) is 5.65. The van der Waals surface area contributed by atoms with Crippen LogP contribution in [-0.2, 0) is 9.47 Å². The number of rotatable bonds is 6. The maximum atomic E-state index is 14.6. The highest BCUT2D eigenvalue weighted by molar-refractivity contribution is 6.17. The van der Waals surface area contributed by atoms with E-state index < -0.39 is 40.9 Å².